The molecule has 2 aliphatic rings. The van der Waals surface area contributed by atoms with Gasteiger partial charge in [0, 0.05) is 24.7 Å². The van der Waals surface area contributed by atoms with E-state index in [2.05, 4.69) is 10.2 Å². The molecule has 3 rings (SSSR count). The number of nitrogens with one attached hydrogen (secondary N) is 1. The molecule has 2 nitrogen and oxygen atoms in total. The van der Waals surface area contributed by atoms with E-state index in [1.165, 1.54) is 12.8 Å². The normalized spacial score (nSPS) is 25.5. The molecule has 124 valence electrons. The van der Waals surface area contributed by atoms with E-state index >= 15 is 4.39 Å². The molecule has 0 aromatic heterocycles. The van der Waals surface area contributed by atoms with Gasteiger partial charge in [0.1, 0.15) is 5.67 Å². The molecule has 0 amide bonds. The summed E-state index contributed by atoms with van der Waals surface area (Å²) in [4.78, 5) is 2.44. The van der Waals surface area contributed by atoms with Crippen LogP contribution in [0.1, 0.15) is 31.2 Å². The summed E-state index contributed by atoms with van der Waals surface area (Å²) in [5.41, 5.74) is -0.391. The van der Waals surface area contributed by atoms with Crippen LogP contribution in [0.3, 0.4) is 0 Å². The van der Waals surface area contributed by atoms with Gasteiger partial charge in [-0.1, -0.05) is 23.7 Å². The van der Waals surface area contributed by atoms with Gasteiger partial charge in [0.2, 0.25) is 0 Å². The van der Waals surface area contributed by atoms with Crippen LogP contribution in [0.15, 0.2) is 24.3 Å². The van der Waals surface area contributed by atoms with Gasteiger partial charge in [0.05, 0.1) is 0 Å². The van der Waals surface area contributed by atoms with Crippen LogP contribution in [-0.2, 0) is 5.67 Å². The molecule has 1 aromatic carbocycles. The standard InChI is InChI=1S/C17H24ClFN2.ClH/c18-16-5-3-15(4-6-16)17(19)7-10-21(11-8-17)13-14-2-1-9-20-12-14;/h3-6,14,20H,1-2,7-13H2;1H. The maximum absolute atomic E-state index is 15.1. The monoisotopic (exact) mass is 346 g/mol. The van der Waals surface area contributed by atoms with Gasteiger partial charge in [-0.25, -0.2) is 4.39 Å². The number of rotatable bonds is 3. The second-order valence-corrected chi connectivity index (χ2v) is 6.92. The first-order valence-corrected chi connectivity index (χ1v) is 8.41. The molecule has 2 heterocycles. The summed E-state index contributed by atoms with van der Waals surface area (Å²) in [6.07, 6.45) is 3.77. The Bertz CT molecular complexity index is 452. The zero-order chi connectivity index (χ0) is 14.7. The van der Waals surface area contributed by atoms with Crippen molar-refractivity contribution in [3.63, 3.8) is 0 Å². The van der Waals surface area contributed by atoms with Gasteiger partial charge >= 0.3 is 0 Å². The zero-order valence-electron chi connectivity index (χ0n) is 12.9. The number of hydrogen-bond donors (Lipinski definition) is 1. The van der Waals surface area contributed by atoms with E-state index in [-0.39, 0.29) is 12.4 Å². The molecule has 5 heteroatoms. The lowest BCUT2D eigenvalue weighted by Crippen LogP contribution is -2.44. The SMILES string of the molecule is Cl.FC1(c2ccc(Cl)cc2)CCN(CC2CCCNC2)CC1. The van der Waals surface area contributed by atoms with Gasteiger partial charge in [0.25, 0.3) is 0 Å². The quantitative estimate of drug-likeness (QED) is 0.888. The summed E-state index contributed by atoms with van der Waals surface area (Å²) in [5, 5.41) is 4.13. The van der Waals surface area contributed by atoms with Crippen molar-refractivity contribution in [2.75, 3.05) is 32.7 Å². The maximum atomic E-state index is 15.1. The Kier molecular flexibility index (Phi) is 6.51. The van der Waals surface area contributed by atoms with Crippen molar-refractivity contribution in [2.24, 2.45) is 5.92 Å². The van der Waals surface area contributed by atoms with Crippen LogP contribution in [0, 0.1) is 5.92 Å². The van der Waals surface area contributed by atoms with E-state index in [0.29, 0.717) is 17.9 Å². The Morgan fingerprint density at radius 1 is 1.23 bits per heavy atom. The highest BCUT2D eigenvalue weighted by Gasteiger charge is 2.36. The molecule has 2 fully saturated rings. The van der Waals surface area contributed by atoms with Gasteiger partial charge in [0.15, 0.2) is 0 Å². The molecule has 2 aliphatic heterocycles. The molecule has 1 atom stereocenters. The van der Waals surface area contributed by atoms with Crippen LogP contribution in [0.4, 0.5) is 4.39 Å². The molecular formula is C17H25Cl2FN2. The number of nitrogens with zero attached hydrogens (tertiary/aromatic N) is 1. The van der Waals surface area contributed by atoms with Crippen molar-refractivity contribution in [2.45, 2.75) is 31.4 Å². The Morgan fingerprint density at radius 2 is 1.91 bits per heavy atom. The summed E-state index contributed by atoms with van der Waals surface area (Å²) < 4.78 is 15.1. The van der Waals surface area contributed by atoms with E-state index < -0.39 is 5.67 Å². The predicted octanol–water partition coefficient (Wildman–Crippen LogP) is 4.02. The molecule has 22 heavy (non-hydrogen) atoms. The molecule has 1 N–H and O–H groups in total. The molecule has 1 aromatic rings. The first kappa shape index (κ1) is 18.0. The van der Waals surface area contributed by atoms with Crippen LogP contribution in [0.2, 0.25) is 5.02 Å². The number of halogens is 3. The Morgan fingerprint density at radius 3 is 2.50 bits per heavy atom. The minimum atomic E-state index is -1.17. The maximum Gasteiger partial charge on any atom is 0.138 e. The summed E-state index contributed by atoms with van der Waals surface area (Å²) >= 11 is 5.89. The average Bonchev–Trinajstić information content (AvgIpc) is 2.51. The van der Waals surface area contributed by atoms with Gasteiger partial charge in [-0.15, -0.1) is 12.4 Å². The van der Waals surface area contributed by atoms with Crippen LogP contribution in [0.5, 0.6) is 0 Å². The molecular weight excluding hydrogens is 322 g/mol. The lowest BCUT2D eigenvalue weighted by atomic mass is 9.85. The van der Waals surface area contributed by atoms with E-state index in [9.17, 15) is 0 Å². The lowest BCUT2D eigenvalue weighted by Gasteiger charge is -2.38. The highest BCUT2D eigenvalue weighted by Crippen LogP contribution is 2.37. The van der Waals surface area contributed by atoms with Gasteiger partial charge in [-0.3, -0.25) is 0 Å². The Balaban J connectivity index is 0.00000176. The van der Waals surface area contributed by atoms with Gasteiger partial charge in [-0.05, 0) is 62.4 Å². The van der Waals surface area contributed by atoms with Crippen molar-refractivity contribution < 1.29 is 4.39 Å². The van der Waals surface area contributed by atoms with Crippen molar-refractivity contribution in [3.8, 4) is 0 Å². The Labute approximate surface area is 143 Å². The highest BCUT2D eigenvalue weighted by atomic mass is 35.5. The van der Waals surface area contributed by atoms with Crippen molar-refractivity contribution in [1.82, 2.24) is 10.2 Å². The molecule has 0 spiro atoms. The first-order chi connectivity index (χ1) is 10.2. The summed E-state index contributed by atoms with van der Waals surface area (Å²) in [6, 6.07) is 7.25. The number of piperidine rings is 2. The van der Waals surface area contributed by atoms with Crippen LogP contribution in [-0.4, -0.2) is 37.6 Å². The summed E-state index contributed by atoms with van der Waals surface area (Å²) in [5.74, 6) is 0.737. The minimum absolute atomic E-state index is 0. The summed E-state index contributed by atoms with van der Waals surface area (Å²) in [7, 11) is 0. The van der Waals surface area contributed by atoms with Crippen LogP contribution in [0.25, 0.3) is 0 Å². The summed E-state index contributed by atoms with van der Waals surface area (Å²) in [6.45, 7) is 5.10. The number of benzene rings is 1. The van der Waals surface area contributed by atoms with Crippen molar-refractivity contribution in [3.05, 3.63) is 34.9 Å². The fraction of sp³-hybridized carbons (Fsp3) is 0.647. The first-order valence-electron chi connectivity index (χ1n) is 8.04. The second-order valence-electron chi connectivity index (χ2n) is 6.49. The van der Waals surface area contributed by atoms with E-state index in [1.807, 2.05) is 12.1 Å². The van der Waals surface area contributed by atoms with Gasteiger partial charge < -0.3 is 10.2 Å². The molecule has 0 saturated carbocycles. The topological polar surface area (TPSA) is 15.3 Å². The predicted molar refractivity (Wildman–Crippen MR) is 92.8 cm³/mol. The lowest BCUT2D eigenvalue weighted by molar-refractivity contribution is 0.0470. The third kappa shape index (κ3) is 4.35. The second kappa shape index (κ2) is 7.96. The molecule has 0 radical (unpaired) electrons. The largest absolute Gasteiger partial charge is 0.316 e. The highest BCUT2D eigenvalue weighted by molar-refractivity contribution is 6.30. The van der Waals surface area contributed by atoms with E-state index in [4.69, 9.17) is 11.6 Å². The third-order valence-electron chi connectivity index (χ3n) is 4.93. The minimum Gasteiger partial charge on any atom is -0.316 e. The Hall–Kier alpha value is -0.350. The number of hydrogen-bond acceptors (Lipinski definition) is 2. The van der Waals surface area contributed by atoms with E-state index in [1.54, 1.807) is 12.1 Å². The smallest absolute Gasteiger partial charge is 0.138 e. The third-order valence-corrected chi connectivity index (χ3v) is 5.18. The fourth-order valence-electron chi connectivity index (χ4n) is 3.57. The zero-order valence-corrected chi connectivity index (χ0v) is 14.4. The van der Waals surface area contributed by atoms with Crippen LogP contribution >= 0.6 is 24.0 Å². The number of likely N-dealkylation sites (tertiary alicyclic amines) is 1. The molecule has 0 aliphatic carbocycles. The van der Waals surface area contributed by atoms with E-state index in [0.717, 1.165) is 44.2 Å². The van der Waals surface area contributed by atoms with Crippen molar-refractivity contribution in [1.29, 1.82) is 0 Å². The average molecular weight is 347 g/mol. The van der Waals surface area contributed by atoms with Crippen molar-refractivity contribution >= 4 is 24.0 Å². The molecule has 1 unspecified atom stereocenters. The number of alkyl halides is 1. The van der Waals surface area contributed by atoms with Gasteiger partial charge in [-0.2, -0.15) is 0 Å². The van der Waals surface area contributed by atoms with Crippen LogP contribution < -0.4 is 5.32 Å². The molecule has 2 saturated heterocycles. The fourth-order valence-corrected chi connectivity index (χ4v) is 3.70. The molecule has 0 bridgehead atoms.